The molecule has 0 unspecified atom stereocenters. The van der Waals surface area contributed by atoms with Gasteiger partial charge in [0.05, 0.1) is 18.1 Å². The first-order chi connectivity index (χ1) is 13.4. The molecule has 1 amide bonds. The third-order valence-electron chi connectivity index (χ3n) is 4.12. The summed E-state index contributed by atoms with van der Waals surface area (Å²) in [5.41, 5.74) is 0.828. The van der Waals surface area contributed by atoms with E-state index in [1.54, 1.807) is 6.07 Å². The van der Waals surface area contributed by atoms with Crippen LogP contribution >= 0.6 is 11.8 Å². The van der Waals surface area contributed by atoms with Gasteiger partial charge in [-0.25, -0.2) is 0 Å². The van der Waals surface area contributed by atoms with Gasteiger partial charge in [-0.1, -0.05) is 11.8 Å². The van der Waals surface area contributed by atoms with Crippen LogP contribution in [0.2, 0.25) is 0 Å². The largest absolute Gasteiger partial charge is 0.378 e. The van der Waals surface area contributed by atoms with Crippen LogP contribution in [0.3, 0.4) is 0 Å². The molecule has 148 valence electrons. The number of anilines is 2. The Bertz CT molecular complexity index is 858. The van der Waals surface area contributed by atoms with Crippen molar-refractivity contribution in [2.24, 2.45) is 0 Å². The van der Waals surface area contributed by atoms with Gasteiger partial charge in [0.15, 0.2) is 0 Å². The van der Waals surface area contributed by atoms with Crippen molar-refractivity contribution in [3.05, 3.63) is 58.1 Å². The van der Waals surface area contributed by atoms with E-state index in [2.05, 4.69) is 5.32 Å². The molecule has 1 N–H and O–H groups in total. The number of hydrogen-bond acceptors (Lipinski definition) is 6. The second kappa shape index (κ2) is 8.98. The maximum absolute atomic E-state index is 12.4. The normalized spacial score (nSPS) is 14.2. The summed E-state index contributed by atoms with van der Waals surface area (Å²) < 4.78 is 30.0. The van der Waals surface area contributed by atoms with Crippen molar-refractivity contribution >= 4 is 34.7 Å². The number of benzene rings is 2. The highest BCUT2D eigenvalue weighted by atomic mass is 32.2. The number of nitro benzene ring substituents is 1. The van der Waals surface area contributed by atoms with E-state index in [0.29, 0.717) is 54.3 Å². The second-order valence-corrected chi connectivity index (χ2v) is 6.98. The van der Waals surface area contributed by atoms with E-state index in [-0.39, 0.29) is 11.3 Å². The van der Waals surface area contributed by atoms with Crippen molar-refractivity contribution < 1.29 is 23.2 Å². The number of amides is 1. The Morgan fingerprint density at radius 3 is 2.46 bits per heavy atom. The fourth-order valence-electron chi connectivity index (χ4n) is 2.81. The maximum Gasteiger partial charge on any atom is 0.293 e. The summed E-state index contributed by atoms with van der Waals surface area (Å²) in [6.45, 7) is 2.04. The van der Waals surface area contributed by atoms with E-state index in [1.165, 1.54) is 36.4 Å². The smallest absolute Gasteiger partial charge is 0.293 e. The van der Waals surface area contributed by atoms with Crippen molar-refractivity contribution in [3.63, 3.8) is 0 Å². The average molecular weight is 409 g/mol. The van der Waals surface area contributed by atoms with E-state index in [9.17, 15) is 23.7 Å². The van der Waals surface area contributed by atoms with Crippen LogP contribution in [-0.4, -0.2) is 42.9 Å². The Morgan fingerprint density at radius 1 is 1.18 bits per heavy atom. The number of halogens is 2. The van der Waals surface area contributed by atoms with Crippen molar-refractivity contribution in [3.8, 4) is 0 Å². The van der Waals surface area contributed by atoms with Gasteiger partial charge in [-0.2, -0.15) is 8.78 Å². The van der Waals surface area contributed by atoms with Crippen LogP contribution in [0.25, 0.3) is 0 Å². The predicted octanol–water partition coefficient (Wildman–Crippen LogP) is 4.00. The highest BCUT2D eigenvalue weighted by Crippen LogP contribution is 2.30. The topological polar surface area (TPSA) is 84.7 Å². The molecule has 10 heteroatoms. The van der Waals surface area contributed by atoms with Crippen molar-refractivity contribution in [2.45, 2.75) is 10.7 Å². The molecule has 0 spiro atoms. The number of nitrogens with zero attached hydrogens (tertiary/aromatic N) is 2. The van der Waals surface area contributed by atoms with Gasteiger partial charge < -0.3 is 15.0 Å². The highest BCUT2D eigenvalue weighted by Gasteiger charge is 2.23. The molecule has 1 fully saturated rings. The SMILES string of the molecule is O=C(Nc1ccc(SC(F)F)cc1)c1ccc(N2CCOCC2)c([N+](=O)[O-])c1. The number of carbonyl (C=O) groups is 1. The Hall–Kier alpha value is -2.72. The van der Waals surface area contributed by atoms with Gasteiger partial charge in [0.25, 0.3) is 17.4 Å². The highest BCUT2D eigenvalue weighted by molar-refractivity contribution is 7.99. The van der Waals surface area contributed by atoms with Crippen LogP contribution in [0.5, 0.6) is 0 Å². The number of rotatable bonds is 6. The number of alkyl halides is 2. The number of nitrogens with one attached hydrogen (secondary N) is 1. The summed E-state index contributed by atoms with van der Waals surface area (Å²) in [6.07, 6.45) is 0. The molecule has 1 aliphatic rings. The zero-order valence-corrected chi connectivity index (χ0v) is 15.5. The minimum Gasteiger partial charge on any atom is -0.378 e. The molecule has 0 atom stereocenters. The summed E-state index contributed by atoms with van der Waals surface area (Å²) >= 11 is 0.408. The zero-order chi connectivity index (χ0) is 20.1. The molecule has 0 bridgehead atoms. The molecular weight excluding hydrogens is 392 g/mol. The molecule has 1 saturated heterocycles. The Kier molecular flexibility index (Phi) is 6.42. The monoisotopic (exact) mass is 409 g/mol. The third-order valence-corrected chi connectivity index (χ3v) is 4.85. The summed E-state index contributed by atoms with van der Waals surface area (Å²) in [6, 6.07) is 10.3. The zero-order valence-electron chi connectivity index (χ0n) is 14.6. The van der Waals surface area contributed by atoms with Crippen molar-refractivity contribution in [1.82, 2.24) is 0 Å². The Labute approximate surface area is 163 Å². The van der Waals surface area contributed by atoms with E-state index < -0.39 is 16.6 Å². The van der Waals surface area contributed by atoms with Gasteiger partial charge >= 0.3 is 0 Å². The summed E-state index contributed by atoms with van der Waals surface area (Å²) in [4.78, 5) is 25.6. The molecule has 0 aliphatic carbocycles. The second-order valence-electron chi connectivity index (χ2n) is 5.92. The van der Waals surface area contributed by atoms with Crippen LogP contribution in [-0.2, 0) is 4.74 Å². The number of carbonyl (C=O) groups excluding carboxylic acids is 1. The molecule has 1 heterocycles. The number of hydrogen-bond donors (Lipinski definition) is 1. The molecule has 2 aromatic rings. The first-order valence-electron chi connectivity index (χ1n) is 8.41. The lowest BCUT2D eigenvalue weighted by molar-refractivity contribution is -0.384. The van der Waals surface area contributed by atoms with Crippen LogP contribution in [0.4, 0.5) is 25.8 Å². The predicted molar refractivity (Wildman–Crippen MR) is 102 cm³/mol. The Morgan fingerprint density at radius 2 is 1.86 bits per heavy atom. The summed E-state index contributed by atoms with van der Waals surface area (Å²) in [7, 11) is 0. The van der Waals surface area contributed by atoms with Crippen LogP contribution in [0, 0.1) is 10.1 Å². The molecule has 7 nitrogen and oxygen atoms in total. The van der Waals surface area contributed by atoms with Gasteiger partial charge in [-0.15, -0.1) is 0 Å². The van der Waals surface area contributed by atoms with Gasteiger partial charge in [-0.3, -0.25) is 14.9 Å². The Balaban J connectivity index is 1.76. The van der Waals surface area contributed by atoms with Gasteiger partial charge in [0.2, 0.25) is 0 Å². The maximum atomic E-state index is 12.4. The number of morpholine rings is 1. The standard InChI is InChI=1S/C18H17F2N3O4S/c19-18(20)28-14-4-2-13(3-5-14)21-17(24)12-1-6-15(16(11-12)23(25)26)22-7-9-27-10-8-22/h1-6,11,18H,7-10H2,(H,21,24). The van der Waals surface area contributed by atoms with Crippen LogP contribution in [0.1, 0.15) is 10.4 Å². The minimum atomic E-state index is -2.52. The van der Waals surface area contributed by atoms with E-state index in [1.807, 2.05) is 4.90 Å². The minimum absolute atomic E-state index is 0.134. The molecule has 3 rings (SSSR count). The van der Waals surface area contributed by atoms with Crippen molar-refractivity contribution in [1.29, 1.82) is 0 Å². The molecule has 1 aliphatic heterocycles. The quantitative estimate of drug-likeness (QED) is 0.441. The van der Waals surface area contributed by atoms with Gasteiger partial charge in [0.1, 0.15) is 5.69 Å². The summed E-state index contributed by atoms with van der Waals surface area (Å²) in [5, 5.41) is 14.1. The first kappa shape index (κ1) is 20.0. The van der Waals surface area contributed by atoms with E-state index >= 15 is 0 Å². The van der Waals surface area contributed by atoms with Gasteiger partial charge in [-0.05, 0) is 36.4 Å². The molecule has 0 radical (unpaired) electrons. The van der Waals surface area contributed by atoms with Crippen LogP contribution in [0.15, 0.2) is 47.4 Å². The molecule has 2 aromatic carbocycles. The van der Waals surface area contributed by atoms with Crippen LogP contribution < -0.4 is 10.2 Å². The third kappa shape index (κ3) is 4.96. The molecular formula is C18H17F2N3O4S. The molecule has 0 aromatic heterocycles. The lowest BCUT2D eigenvalue weighted by Gasteiger charge is -2.28. The summed E-state index contributed by atoms with van der Waals surface area (Å²) in [5.74, 6) is -3.04. The lowest BCUT2D eigenvalue weighted by Crippen LogP contribution is -2.36. The molecule has 28 heavy (non-hydrogen) atoms. The number of nitro groups is 1. The van der Waals surface area contributed by atoms with E-state index in [4.69, 9.17) is 4.74 Å². The molecule has 0 saturated carbocycles. The lowest BCUT2D eigenvalue weighted by atomic mass is 10.1. The average Bonchev–Trinajstić information content (AvgIpc) is 2.69. The number of ether oxygens (including phenoxy) is 1. The van der Waals surface area contributed by atoms with Crippen molar-refractivity contribution in [2.75, 3.05) is 36.5 Å². The first-order valence-corrected chi connectivity index (χ1v) is 9.29. The fraction of sp³-hybridized carbons (Fsp3) is 0.278. The van der Waals surface area contributed by atoms with Gasteiger partial charge in [0, 0.05) is 35.3 Å². The number of thioether (sulfide) groups is 1. The van der Waals surface area contributed by atoms with E-state index in [0.717, 1.165) is 0 Å². The fourth-order valence-corrected chi connectivity index (χ4v) is 3.30.